The number of hydrogen-bond acceptors (Lipinski definition) is 5. The molecule has 0 atom stereocenters. The van der Waals surface area contributed by atoms with Crippen LogP contribution >= 0.6 is 11.3 Å². The molecular formula is C19H15NO4S2. The first-order valence-corrected chi connectivity index (χ1v) is 10.3. The molecule has 1 aliphatic rings. The van der Waals surface area contributed by atoms with Crippen LogP contribution in [0, 0.1) is 0 Å². The molecule has 2 aromatic carbocycles. The fraction of sp³-hybridized carbons (Fsp3) is 0.105. The summed E-state index contributed by atoms with van der Waals surface area (Å²) in [6, 6.07) is 15.6. The van der Waals surface area contributed by atoms with Gasteiger partial charge in [0.15, 0.2) is 9.84 Å². The molecule has 5 nitrogen and oxygen atoms in total. The second-order valence-electron chi connectivity index (χ2n) is 5.90. The van der Waals surface area contributed by atoms with E-state index >= 15 is 0 Å². The molecule has 0 saturated heterocycles. The van der Waals surface area contributed by atoms with Crippen molar-refractivity contribution in [1.82, 2.24) is 0 Å². The smallest absolute Gasteiger partial charge is 0.265 e. The molecule has 2 heterocycles. The fourth-order valence-corrected chi connectivity index (χ4v) is 5.81. The van der Waals surface area contributed by atoms with E-state index in [-0.39, 0.29) is 11.7 Å². The van der Waals surface area contributed by atoms with Crippen molar-refractivity contribution in [3.63, 3.8) is 0 Å². The van der Waals surface area contributed by atoms with Crippen molar-refractivity contribution in [3.8, 4) is 16.2 Å². The molecule has 0 saturated carbocycles. The number of ether oxygens (including phenoxy) is 1. The normalized spacial score (nSPS) is 14.2. The van der Waals surface area contributed by atoms with Crippen molar-refractivity contribution in [2.75, 3.05) is 12.4 Å². The quantitative estimate of drug-likeness (QED) is 0.741. The maximum Gasteiger partial charge on any atom is 0.265 e. The summed E-state index contributed by atoms with van der Waals surface area (Å²) in [4.78, 5) is 14.2. The second-order valence-corrected chi connectivity index (χ2v) is 8.91. The molecule has 132 valence electrons. The van der Waals surface area contributed by atoms with Crippen LogP contribution in [0.2, 0.25) is 0 Å². The van der Waals surface area contributed by atoms with Crippen molar-refractivity contribution in [2.24, 2.45) is 0 Å². The highest BCUT2D eigenvalue weighted by atomic mass is 32.2. The van der Waals surface area contributed by atoms with E-state index in [1.165, 1.54) is 11.3 Å². The van der Waals surface area contributed by atoms with Gasteiger partial charge in [-0.3, -0.25) is 4.79 Å². The Hall–Kier alpha value is -2.64. The summed E-state index contributed by atoms with van der Waals surface area (Å²) < 4.78 is 30.0. The lowest BCUT2D eigenvalue weighted by Gasteiger charge is -2.15. The van der Waals surface area contributed by atoms with Crippen molar-refractivity contribution in [3.05, 3.63) is 65.0 Å². The molecule has 0 unspecified atom stereocenters. The first-order valence-electron chi connectivity index (χ1n) is 7.88. The number of carbonyl (C=O) groups excluding carboxylic acids is 1. The molecule has 7 heteroatoms. The minimum atomic E-state index is -3.37. The van der Waals surface area contributed by atoms with E-state index in [9.17, 15) is 13.2 Å². The summed E-state index contributed by atoms with van der Waals surface area (Å²) in [5.41, 5.74) is 1.99. The Morgan fingerprint density at radius 3 is 2.58 bits per heavy atom. The molecule has 0 aliphatic carbocycles. The monoisotopic (exact) mass is 385 g/mol. The molecule has 0 bridgehead atoms. The van der Waals surface area contributed by atoms with Crippen LogP contribution in [0.4, 0.5) is 5.69 Å². The van der Waals surface area contributed by atoms with Crippen LogP contribution < -0.4 is 10.1 Å². The van der Waals surface area contributed by atoms with Gasteiger partial charge < -0.3 is 10.1 Å². The number of rotatable bonds is 3. The standard InChI is InChI=1S/C19H15NO4S2/c1-24-14-8-6-13(7-9-14)20-19(21)16-10-12-11-26(22,23)17-5-3-2-4-15(17)18(12)25-16/h2-10H,11H2,1H3,(H,20,21). The minimum Gasteiger partial charge on any atom is -0.497 e. The number of thiophene rings is 1. The fourth-order valence-electron chi connectivity index (χ4n) is 2.95. The van der Waals surface area contributed by atoms with E-state index in [1.54, 1.807) is 61.7 Å². The number of nitrogens with one attached hydrogen (secondary N) is 1. The lowest BCUT2D eigenvalue weighted by Crippen LogP contribution is -2.11. The molecule has 0 radical (unpaired) electrons. The van der Waals surface area contributed by atoms with E-state index in [0.717, 1.165) is 4.88 Å². The van der Waals surface area contributed by atoms with Gasteiger partial charge in [0.25, 0.3) is 5.91 Å². The van der Waals surface area contributed by atoms with Crippen LogP contribution in [0.5, 0.6) is 5.75 Å². The molecule has 4 rings (SSSR count). The largest absolute Gasteiger partial charge is 0.497 e. The summed E-state index contributed by atoms with van der Waals surface area (Å²) in [5.74, 6) is 0.368. The number of hydrogen-bond donors (Lipinski definition) is 1. The van der Waals surface area contributed by atoms with Crippen LogP contribution in [0.25, 0.3) is 10.4 Å². The highest BCUT2D eigenvalue weighted by Crippen LogP contribution is 2.42. The number of fused-ring (bicyclic) bond motifs is 3. The predicted molar refractivity (Wildman–Crippen MR) is 102 cm³/mol. The van der Waals surface area contributed by atoms with E-state index in [2.05, 4.69) is 5.32 Å². The van der Waals surface area contributed by atoms with Crippen LogP contribution in [0.1, 0.15) is 15.2 Å². The Morgan fingerprint density at radius 1 is 1.12 bits per heavy atom. The Balaban J connectivity index is 1.67. The predicted octanol–water partition coefficient (Wildman–Crippen LogP) is 3.96. The number of carbonyl (C=O) groups is 1. The van der Waals surface area contributed by atoms with Crippen molar-refractivity contribution < 1.29 is 17.9 Å². The average molecular weight is 385 g/mol. The second kappa shape index (κ2) is 6.26. The van der Waals surface area contributed by atoms with Gasteiger partial charge in [-0.15, -0.1) is 11.3 Å². The van der Waals surface area contributed by atoms with Crippen LogP contribution in [-0.4, -0.2) is 21.4 Å². The van der Waals surface area contributed by atoms with Crippen molar-refractivity contribution in [2.45, 2.75) is 10.6 Å². The molecule has 0 spiro atoms. The number of methoxy groups -OCH3 is 1. The van der Waals surface area contributed by atoms with Crippen molar-refractivity contribution >= 4 is 32.8 Å². The van der Waals surface area contributed by atoms with Gasteiger partial charge in [-0.1, -0.05) is 18.2 Å². The number of anilines is 1. The average Bonchev–Trinajstić information content (AvgIpc) is 3.06. The van der Waals surface area contributed by atoms with Crippen LogP contribution in [0.15, 0.2) is 59.5 Å². The van der Waals surface area contributed by atoms with Crippen LogP contribution in [0.3, 0.4) is 0 Å². The topological polar surface area (TPSA) is 72.5 Å². The Kier molecular flexibility index (Phi) is 4.05. The van der Waals surface area contributed by atoms with Gasteiger partial charge in [0.1, 0.15) is 5.75 Å². The van der Waals surface area contributed by atoms with Gasteiger partial charge in [-0.2, -0.15) is 0 Å². The van der Waals surface area contributed by atoms with Gasteiger partial charge in [-0.05, 0) is 42.0 Å². The number of amides is 1. The third-order valence-electron chi connectivity index (χ3n) is 4.19. The molecule has 0 fully saturated rings. The van der Waals surface area contributed by atoms with Gasteiger partial charge in [0.05, 0.1) is 22.6 Å². The SMILES string of the molecule is COc1ccc(NC(=O)c2cc3c(s2)-c2ccccc2S(=O)(=O)C3)cc1. The van der Waals surface area contributed by atoms with Gasteiger partial charge >= 0.3 is 0 Å². The zero-order valence-electron chi connectivity index (χ0n) is 13.9. The maximum absolute atomic E-state index is 12.6. The van der Waals surface area contributed by atoms with E-state index in [4.69, 9.17) is 4.74 Å². The molecule has 1 aliphatic heterocycles. The first kappa shape index (κ1) is 16.8. The van der Waals surface area contributed by atoms with Gasteiger partial charge in [0, 0.05) is 16.1 Å². The van der Waals surface area contributed by atoms with E-state index < -0.39 is 9.84 Å². The lowest BCUT2D eigenvalue weighted by molar-refractivity contribution is 0.103. The third kappa shape index (κ3) is 2.89. The summed E-state index contributed by atoms with van der Waals surface area (Å²) in [7, 11) is -1.79. The summed E-state index contributed by atoms with van der Waals surface area (Å²) >= 11 is 1.31. The van der Waals surface area contributed by atoms with E-state index in [1.807, 2.05) is 0 Å². The molecule has 1 amide bonds. The van der Waals surface area contributed by atoms with Gasteiger partial charge in [0.2, 0.25) is 0 Å². The third-order valence-corrected chi connectivity index (χ3v) is 7.12. The lowest BCUT2D eigenvalue weighted by atomic mass is 10.1. The molecule has 1 aromatic heterocycles. The molecule has 1 N–H and O–H groups in total. The summed E-state index contributed by atoms with van der Waals surface area (Å²) in [5, 5.41) is 2.83. The minimum absolute atomic E-state index is 0.0777. The Bertz CT molecular complexity index is 1100. The summed E-state index contributed by atoms with van der Waals surface area (Å²) in [6.07, 6.45) is 0. The zero-order chi connectivity index (χ0) is 18.3. The zero-order valence-corrected chi connectivity index (χ0v) is 15.5. The number of benzene rings is 2. The maximum atomic E-state index is 12.6. The van der Waals surface area contributed by atoms with Crippen LogP contribution in [-0.2, 0) is 15.6 Å². The Labute approximate surface area is 155 Å². The highest BCUT2D eigenvalue weighted by Gasteiger charge is 2.30. The highest BCUT2D eigenvalue weighted by molar-refractivity contribution is 7.91. The molecular weight excluding hydrogens is 370 g/mol. The first-order chi connectivity index (χ1) is 12.5. The summed E-state index contributed by atoms with van der Waals surface area (Å²) in [6.45, 7) is 0. The van der Waals surface area contributed by atoms with Crippen molar-refractivity contribution in [1.29, 1.82) is 0 Å². The molecule has 26 heavy (non-hydrogen) atoms. The van der Waals surface area contributed by atoms with E-state index in [0.29, 0.717) is 32.3 Å². The van der Waals surface area contributed by atoms with Gasteiger partial charge in [-0.25, -0.2) is 8.42 Å². The molecule has 3 aromatic rings. The Morgan fingerprint density at radius 2 is 1.85 bits per heavy atom. The number of sulfone groups is 1.